The molecule has 0 fully saturated rings. The SMILES string of the molecule is CCCCCC[n+]1c(CCCC)cc(C=C2Sc3ccccc3N2C)c2ccccc21.[I-]. The van der Waals surface area contributed by atoms with Gasteiger partial charge in [-0.1, -0.05) is 69.1 Å². The van der Waals surface area contributed by atoms with Gasteiger partial charge in [-0.05, 0) is 42.7 Å². The summed E-state index contributed by atoms with van der Waals surface area (Å²) in [5.74, 6) is 0. The minimum atomic E-state index is 0. The molecule has 3 aromatic rings. The minimum absolute atomic E-state index is 0. The molecule has 170 valence electrons. The highest BCUT2D eigenvalue weighted by atomic mass is 127. The number of para-hydroxylation sites is 2. The molecular formula is C28H35IN2S. The Balaban J connectivity index is 0.00000289. The number of aryl methyl sites for hydroxylation is 2. The Morgan fingerprint density at radius 2 is 1.66 bits per heavy atom. The van der Waals surface area contributed by atoms with Crippen LogP contribution >= 0.6 is 11.8 Å². The maximum Gasteiger partial charge on any atom is 0.213 e. The van der Waals surface area contributed by atoms with E-state index in [0.717, 1.165) is 13.0 Å². The molecule has 0 saturated heterocycles. The van der Waals surface area contributed by atoms with Crippen LogP contribution in [0.25, 0.3) is 17.0 Å². The largest absolute Gasteiger partial charge is 1.00 e. The lowest BCUT2D eigenvalue weighted by molar-refractivity contribution is -0.679. The molecule has 0 radical (unpaired) electrons. The quantitative estimate of drug-likeness (QED) is 0.216. The third-order valence-electron chi connectivity index (χ3n) is 6.25. The molecule has 1 aromatic heterocycles. The third-order valence-corrected chi connectivity index (χ3v) is 7.41. The highest BCUT2D eigenvalue weighted by molar-refractivity contribution is 8.03. The van der Waals surface area contributed by atoms with E-state index in [9.17, 15) is 0 Å². The van der Waals surface area contributed by atoms with Gasteiger partial charge < -0.3 is 28.9 Å². The van der Waals surface area contributed by atoms with Crippen LogP contribution in [-0.4, -0.2) is 7.05 Å². The number of nitrogens with zero attached hydrogens (tertiary/aromatic N) is 2. The molecule has 0 unspecified atom stereocenters. The van der Waals surface area contributed by atoms with E-state index in [0.29, 0.717) is 0 Å². The number of benzene rings is 2. The molecule has 0 saturated carbocycles. The van der Waals surface area contributed by atoms with Crippen molar-refractivity contribution in [1.82, 2.24) is 0 Å². The van der Waals surface area contributed by atoms with Gasteiger partial charge in [-0.25, -0.2) is 0 Å². The predicted octanol–water partition coefficient (Wildman–Crippen LogP) is 4.59. The van der Waals surface area contributed by atoms with Crippen LogP contribution in [0.4, 0.5) is 5.69 Å². The van der Waals surface area contributed by atoms with E-state index in [1.165, 1.54) is 76.3 Å². The summed E-state index contributed by atoms with van der Waals surface area (Å²) in [6, 6.07) is 20.1. The Kier molecular flexibility index (Phi) is 9.47. The van der Waals surface area contributed by atoms with Crippen molar-refractivity contribution in [2.75, 3.05) is 11.9 Å². The number of rotatable bonds is 9. The number of fused-ring (bicyclic) bond motifs is 2. The van der Waals surface area contributed by atoms with Crippen molar-refractivity contribution in [3.05, 3.63) is 70.9 Å². The molecule has 0 amide bonds. The maximum atomic E-state index is 2.60. The molecule has 0 aliphatic carbocycles. The van der Waals surface area contributed by atoms with Gasteiger partial charge in [-0.2, -0.15) is 4.57 Å². The number of aromatic nitrogens is 1. The summed E-state index contributed by atoms with van der Waals surface area (Å²) in [6.45, 7) is 5.70. The highest BCUT2D eigenvalue weighted by Gasteiger charge is 2.23. The second-order valence-electron chi connectivity index (χ2n) is 8.54. The van der Waals surface area contributed by atoms with Gasteiger partial charge >= 0.3 is 0 Å². The Morgan fingerprint density at radius 3 is 2.44 bits per heavy atom. The molecule has 2 nitrogen and oxygen atoms in total. The Labute approximate surface area is 215 Å². The van der Waals surface area contributed by atoms with Crippen LogP contribution in [0.3, 0.4) is 0 Å². The number of hydrogen-bond donors (Lipinski definition) is 0. The number of halogens is 1. The van der Waals surface area contributed by atoms with Crippen molar-refractivity contribution in [1.29, 1.82) is 0 Å². The lowest BCUT2D eigenvalue weighted by Crippen LogP contribution is -3.00. The van der Waals surface area contributed by atoms with Gasteiger partial charge in [0.2, 0.25) is 5.52 Å². The lowest BCUT2D eigenvalue weighted by atomic mass is 10.0. The second-order valence-corrected chi connectivity index (χ2v) is 9.60. The van der Waals surface area contributed by atoms with E-state index in [1.54, 1.807) is 0 Å². The van der Waals surface area contributed by atoms with Gasteiger partial charge in [0.05, 0.1) is 16.1 Å². The smallest absolute Gasteiger partial charge is 0.213 e. The number of pyridine rings is 1. The summed E-state index contributed by atoms with van der Waals surface area (Å²) in [7, 11) is 2.18. The Hall–Kier alpha value is -1.53. The minimum Gasteiger partial charge on any atom is -1.00 e. The molecule has 1 aliphatic rings. The van der Waals surface area contributed by atoms with E-state index in [1.807, 2.05) is 11.8 Å². The van der Waals surface area contributed by atoms with Gasteiger partial charge in [0.1, 0.15) is 6.54 Å². The fourth-order valence-electron chi connectivity index (χ4n) is 4.47. The number of anilines is 1. The summed E-state index contributed by atoms with van der Waals surface area (Å²) in [5, 5.41) is 2.66. The van der Waals surface area contributed by atoms with Crippen LogP contribution < -0.4 is 33.4 Å². The molecular weight excluding hydrogens is 523 g/mol. The first kappa shape index (κ1) is 25.1. The summed E-state index contributed by atoms with van der Waals surface area (Å²) in [6.07, 6.45) is 11.2. The van der Waals surface area contributed by atoms with Gasteiger partial charge in [-0.15, -0.1) is 0 Å². The van der Waals surface area contributed by atoms with Crippen LogP contribution in [0.5, 0.6) is 0 Å². The molecule has 2 heterocycles. The van der Waals surface area contributed by atoms with Crippen molar-refractivity contribution in [2.24, 2.45) is 0 Å². The third kappa shape index (κ3) is 5.51. The van der Waals surface area contributed by atoms with Crippen LogP contribution in [0.2, 0.25) is 0 Å². The predicted molar refractivity (Wildman–Crippen MR) is 136 cm³/mol. The van der Waals surface area contributed by atoms with Crippen LogP contribution in [0, 0.1) is 0 Å². The van der Waals surface area contributed by atoms with Crippen molar-refractivity contribution in [2.45, 2.75) is 70.2 Å². The molecule has 32 heavy (non-hydrogen) atoms. The maximum absolute atomic E-state index is 2.60. The fraction of sp³-hybridized carbons (Fsp3) is 0.393. The molecule has 4 heteroatoms. The zero-order valence-corrected chi connectivity index (χ0v) is 22.6. The molecule has 4 rings (SSSR count). The summed E-state index contributed by atoms with van der Waals surface area (Å²) in [5.41, 5.74) is 5.50. The van der Waals surface area contributed by atoms with Gasteiger partial charge in [0.15, 0.2) is 5.69 Å². The van der Waals surface area contributed by atoms with Crippen LogP contribution in [0.15, 0.2) is 64.5 Å². The van der Waals surface area contributed by atoms with Crippen molar-refractivity contribution in [3.8, 4) is 0 Å². The number of unbranched alkanes of at least 4 members (excludes halogenated alkanes) is 4. The van der Waals surface area contributed by atoms with Crippen LogP contribution in [-0.2, 0) is 13.0 Å². The van der Waals surface area contributed by atoms with Gasteiger partial charge in [-0.3, -0.25) is 0 Å². The number of thioether (sulfide) groups is 1. The summed E-state index contributed by atoms with van der Waals surface area (Å²) >= 11 is 1.88. The van der Waals surface area contributed by atoms with Crippen LogP contribution in [0.1, 0.15) is 63.6 Å². The first-order valence-corrected chi connectivity index (χ1v) is 12.7. The molecule has 0 N–H and O–H groups in total. The molecule has 2 aromatic carbocycles. The van der Waals surface area contributed by atoms with E-state index in [-0.39, 0.29) is 24.0 Å². The topological polar surface area (TPSA) is 7.12 Å². The number of hydrogen-bond acceptors (Lipinski definition) is 2. The standard InChI is InChI=1S/C28H35N2S.HI/c1-4-6-8-13-19-30-23(14-7-5-2)20-22(24-15-9-10-16-25(24)30)21-28-29(3)26-17-11-12-18-27(26)31-28;/h9-12,15-18,20-21H,4-8,13-14,19H2,1-3H3;1H/q+1;/p-1. The Morgan fingerprint density at radius 1 is 0.906 bits per heavy atom. The molecule has 0 spiro atoms. The van der Waals surface area contributed by atoms with E-state index in [2.05, 4.69) is 91.0 Å². The zero-order valence-electron chi connectivity index (χ0n) is 19.6. The Bertz CT molecular complexity index is 1080. The molecule has 0 bridgehead atoms. The summed E-state index contributed by atoms with van der Waals surface area (Å²) in [4.78, 5) is 3.67. The zero-order chi connectivity index (χ0) is 21.6. The average Bonchev–Trinajstić information content (AvgIpc) is 3.12. The van der Waals surface area contributed by atoms with Crippen molar-refractivity contribution in [3.63, 3.8) is 0 Å². The van der Waals surface area contributed by atoms with E-state index in [4.69, 9.17) is 0 Å². The van der Waals surface area contributed by atoms with E-state index < -0.39 is 0 Å². The van der Waals surface area contributed by atoms with E-state index >= 15 is 0 Å². The fourth-order valence-corrected chi connectivity index (χ4v) is 5.57. The van der Waals surface area contributed by atoms with Crippen molar-refractivity contribution < 1.29 is 28.5 Å². The van der Waals surface area contributed by atoms with Crippen molar-refractivity contribution >= 4 is 34.4 Å². The second kappa shape index (κ2) is 12.1. The first-order chi connectivity index (χ1) is 15.2. The first-order valence-electron chi connectivity index (χ1n) is 11.9. The average molecular weight is 559 g/mol. The lowest BCUT2D eigenvalue weighted by Gasteiger charge is -2.15. The normalized spacial score (nSPS) is 14.1. The van der Waals surface area contributed by atoms with Gasteiger partial charge in [0.25, 0.3) is 0 Å². The van der Waals surface area contributed by atoms with Gasteiger partial charge in [0, 0.05) is 36.9 Å². The molecule has 0 atom stereocenters. The monoisotopic (exact) mass is 558 g/mol. The molecule has 1 aliphatic heterocycles. The summed E-state index contributed by atoms with van der Waals surface area (Å²) < 4.78 is 2.60. The highest BCUT2D eigenvalue weighted by Crippen LogP contribution is 2.45.